The minimum Gasteiger partial charge on any atom is -0.367 e. The second-order valence-corrected chi connectivity index (χ2v) is 6.34. The highest BCUT2D eigenvalue weighted by Crippen LogP contribution is 2.26. The normalized spacial score (nSPS) is 14.7. The van der Waals surface area contributed by atoms with Gasteiger partial charge < -0.3 is 10.6 Å². The van der Waals surface area contributed by atoms with Crippen molar-refractivity contribution in [2.24, 2.45) is 0 Å². The van der Waals surface area contributed by atoms with Gasteiger partial charge in [-0.2, -0.15) is 0 Å². The van der Waals surface area contributed by atoms with Gasteiger partial charge in [0.05, 0.1) is 10.7 Å². The molecule has 0 saturated heterocycles. The van der Waals surface area contributed by atoms with Crippen LogP contribution in [0.3, 0.4) is 0 Å². The van der Waals surface area contributed by atoms with Gasteiger partial charge in [0.1, 0.15) is 17.8 Å². The van der Waals surface area contributed by atoms with Gasteiger partial charge in [-0.05, 0) is 31.0 Å². The van der Waals surface area contributed by atoms with E-state index in [2.05, 4.69) is 20.6 Å². The number of hydrogen-bond donors (Lipinski definition) is 2. The molecule has 1 aliphatic rings. The Labute approximate surface area is 144 Å². The lowest BCUT2D eigenvalue weighted by atomic mass is 10.2. The molecule has 1 aliphatic carbocycles. The summed E-state index contributed by atoms with van der Waals surface area (Å²) in [6.45, 7) is 0. The van der Waals surface area contributed by atoms with E-state index in [0.717, 1.165) is 12.8 Å². The SMILES string of the molecule is O=C(Nc1cc(Cl)ccc1Cl)c1cc(NC2CCCC2)ncn1. The van der Waals surface area contributed by atoms with Crippen LogP contribution in [0.2, 0.25) is 10.0 Å². The molecule has 0 atom stereocenters. The summed E-state index contributed by atoms with van der Waals surface area (Å²) in [6, 6.07) is 6.95. The standard InChI is InChI=1S/C16H16Cl2N4O/c17-10-5-6-12(18)13(7-10)22-16(23)14-8-15(20-9-19-14)21-11-3-1-2-4-11/h5-9,11H,1-4H2,(H,22,23)(H,19,20,21). The lowest BCUT2D eigenvalue weighted by Gasteiger charge is -2.13. The van der Waals surface area contributed by atoms with Crippen molar-refractivity contribution >= 4 is 40.6 Å². The molecule has 3 rings (SSSR count). The molecule has 2 N–H and O–H groups in total. The van der Waals surface area contributed by atoms with Crippen molar-refractivity contribution in [3.05, 3.63) is 46.3 Å². The van der Waals surface area contributed by atoms with Crippen LogP contribution >= 0.6 is 23.2 Å². The first kappa shape index (κ1) is 16.0. The Balaban J connectivity index is 1.72. The zero-order valence-electron chi connectivity index (χ0n) is 12.4. The minimum absolute atomic E-state index is 0.275. The number of carbonyl (C=O) groups excluding carboxylic acids is 1. The van der Waals surface area contributed by atoms with Gasteiger partial charge in [-0.3, -0.25) is 4.79 Å². The lowest BCUT2D eigenvalue weighted by molar-refractivity contribution is 0.102. The Morgan fingerprint density at radius 2 is 1.91 bits per heavy atom. The van der Waals surface area contributed by atoms with Crippen molar-refractivity contribution < 1.29 is 4.79 Å². The second-order valence-electron chi connectivity index (χ2n) is 5.49. The van der Waals surface area contributed by atoms with Crippen LogP contribution in [0.1, 0.15) is 36.2 Å². The summed E-state index contributed by atoms with van der Waals surface area (Å²) in [7, 11) is 0. The Kier molecular flexibility index (Phi) is 4.98. The van der Waals surface area contributed by atoms with Crippen molar-refractivity contribution in [2.45, 2.75) is 31.7 Å². The second kappa shape index (κ2) is 7.15. The van der Waals surface area contributed by atoms with Crippen LogP contribution in [0.4, 0.5) is 11.5 Å². The van der Waals surface area contributed by atoms with Gasteiger partial charge in [-0.25, -0.2) is 9.97 Å². The first-order chi connectivity index (χ1) is 11.1. The molecule has 0 unspecified atom stereocenters. The third-order valence-electron chi connectivity index (χ3n) is 3.78. The third-order valence-corrected chi connectivity index (χ3v) is 4.35. The molecule has 1 saturated carbocycles. The fraction of sp³-hybridized carbons (Fsp3) is 0.312. The molecular formula is C16H16Cl2N4O. The molecule has 5 nitrogen and oxygen atoms in total. The average molecular weight is 351 g/mol. The van der Waals surface area contributed by atoms with Crippen LogP contribution in [0.5, 0.6) is 0 Å². The highest BCUT2D eigenvalue weighted by molar-refractivity contribution is 6.35. The molecule has 1 heterocycles. The molecule has 120 valence electrons. The lowest BCUT2D eigenvalue weighted by Crippen LogP contribution is -2.18. The molecule has 1 amide bonds. The first-order valence-corrected chi connectivity index (χ1v) is 8.22. The van der Waals surface area contributed by atoms with Crippen molar-refractivity contribution in [1.29, 1.82) is 0 Å². The van der Waals surface area contributed by atoms with Crippen LogP contribution in [-0.4, -0.2) is 21.9 Å². The molecule has 0 spiro atoms. The maximum atomic E-state index is 12.3. The van der Waals surface area contributed by atoms with E-state index in [1.807, 2.05) is 0 Å². The smallest absolute Gasteiger partial charge is 0.274 e. The van der Waals surface area contributed by atoms with Gasteiger partial charge in [-0.15, -0.1) is 0 Å². The number of carbonyl (C=O) groups is 1. The quantitative estimate of drug-likeness (QED) is 0.857. The van der Waals surface area contributed by atoms with Crippen molar-refractivity contribution in [3.8, 4) is 0 Å². The molecule has 1 aromatic carbocycles. The maximum Gasteiger partial charge on any atom is 0.274 e. The molecule has 23 heavy (non-hydrogen) atoms. The number of nitrogens with zero attached hydrogens (tertiary/aromatic N) is 2. The molecule has 0 bridgehead atoms. The number of hydrogen-bond acceptors (Lipinski definition) is 4. The van der Waals surface area contributed by atoms with Crippen LogP contribution in [0.25, 0.3) is 0 Å². The van der Waals surface area contributed by atoms with E-state index in [1.54, 1.807) is 24.3 Å². The summed E-state index contributed by atoms with van der Waals surface area (Å²) in [5.74, 6) is 0.306. The third kappa shape index (κ3) is 4.12. The number of benzene rings is 1. The maximum absolute atomic E-state index is 12.3. The average Bonchev–Trinajstić information content (AvgIpc) is 3.04. The fourth-order valence-corrected chi connectivity index (χ4v) is 2.96. The fourth-order valence-electron chi connectivity index (χ4n) is 2.62. The highest BCUT2D eigenvalue weighted by atomic mass is 35.5. The molecule has 7 heteroatoms. The summed E-state index contributed by atoms with van der Waals surface area (Å²) in [5, 5.41) is 6.97. The van der Waals surface area contributed by atoms with Gasteiger partial charge in [0, 0.05) is 17.1 Å². The Bertz CT molecular complexity index is 717. The van der Waals surface area contributed by atoms with Crippen LogP contribution in [-0.2, 0) is 0 Å². The first-order valence-electron chi connectivity index (χ1n) is 7.47. The molecule has 1 aromatic heterocycles. The van der Waals surface area contributed by atoms with Crippen LogP contribution in [0, 0.1) is 0 Å². The van der Waals surface area contributed by atoms with Crippen molar-refractivity contribution in [2.75, 3.05) is 10.6 Å². The van der Waals surface area contributed by atoms with E-state index in [4.69, 9.17) is 23.2 Å². The molecule has 2 aromatic rings. The van der Waals surface area contributed by atoms with Crippen molar-refractivity contribution in [1.82, 2.24) is 9.97 Å². The monoisotopic (exact) mass is 350 g/mol. The zero-order valence-corrected chi connectivity index (χ0v) is 13.9. The number of anilines is 2. The number of halogens is 2. The van der Waals surface area contributed by atoms with Crippen LogP contribution in [0.15, 0.2) is 30.6 Å². The van der Waals surface area contributed by atoms with Crippen LogP contribution < -0.4 is 10.6 Å². The van der Waals surface area contributed by atoms with Gasteiger partial charge in [-0.1, -0.05) is 36.0 Å². The minimum atomic E-state index is -0.356. The number of nitrogens with one attached hydrogen (secondary N) is 2. The van der Waals surface area contributed by atoms with E-state index in [-0.39, 0.29) is 11.6 Å². The van der Waals surface area contributed by atoms with E-state index in [9.17, 15) is 4.79 Å². The van der Waals surface area contributed by atoms with Gasteiger partial charge in [0.25, 0.3) is 5.91 Å². The summed E-state index contributed by atoms with van der Waals surface area (Å²) >= 11 is 12.0. The van der Waals surface area contributed by atoms with Gasteiger partial charge >= 0.3 is 0 Å². The number of amides is 1. The Morgan fingerprint density at radius 1 is 1.13 bits per heavy atom. The predicted molar refractivity (Wildman–Crippen MR) is 92.3 cm³/mol. The largest absolute Gasteiger partial charge is 0.367 e. The molecule has 0 radical (unpaired) electrons. The highest BCUT2D eigenvalue weighted by Gasteiger charge is 2.16. The molecule has 1 fully saturated rings. The van der Waals surface area contributed by atoms with E-state index in [0.29, 0.717) is 27.6 Å². The number of aromatic nitrogens is 2. The molecular weight excluding hydrogens is 335 g/mol. The molecule has 0 aliphatic heterocycles. The van der Waals surface area contributed by atoms with Crippen molar-refractivity contribution in [3.63, 3.8) is 0 Å². The summed E-state index contributed by atoms with van der Waals surface area (Å²) in [6.07, 6.45) is 6.09. The topological polar surface area (TPSA) is 66.9 Å². The summed E-state index contributed by atoms with van der Waals surface area (Å²) in [5.41, 5.74) is 0.727. The van der Waals surface area contributed by atoms with Gasteiger partial charge in [0.2, 0.25) is 0 Å². The predicted octanol–water partition coefficient (Wildman–Crippen LogP) is 4.39. The Morgan fingerprint density at radius 3 is 2.70 bits per heavy atom. The van der Waals surface area contributed by atoms with Gasteiger partial charge in [0.15, 0.2) is 0 Å². The van der Waals surface area contributed by atoms with E-state index in [1.165, 1.54) is 19.2 Å². The summed E-state index contributed by atoms with van der Waals surface area (Å²) in [4.78, 5) is 20.5. The Hall–Kier alpha value is -1.85. The number of rotatable bonds is 4. The van der Waals surface area contributed by atoms with E-state index < -0.39 is 0 Å². The zero-order chi connectivity index (χ0) is 16.2. The van der Waals surface area contributed by atoms with E-state index >= 15 is 0 Å². The summed E-state index contributed by atoms with van der Waals surface area (Å²) < 4.78 is 0.